The van der Waals surface area contributed by atoms with E-state index in [-0.39, 0.29) is 11.8 Å². The van der Waals surface area contributed by atoms with Crippen LogP contribution in [-0.4, -0.2) is 15.5 Å². The van der Waals surface area contributed by atoms with Crippen molar-refractivity contribution in [3.63, 3.8) is 0 Å². The Bertz CT molecular complexity index is 918. The van der Waals surface area contributed by atoms with Gasteiger partial charge in [0, 0.05) is 12.5 Å². The van der Waals surface area contributed by atoms with E-state index in [0.717, 1.165) is 22.4 Å². The summed E-state index contributed by atoms with van der Waals surface area (Å²) in [4.78, 5) is 16.6. The Morgan fingerprint density at radius 3 is 2.64 bits per heavy atom. The number of aromatic nitrogens is 2. The zero-order chi connectivity index (χ0) is 18.0. The lowest BCUT2D eigenvalue weighted by Gasteiger charge is -2.12. The first-order valence-electron chi connectivity index (χ1n) is 8.11. The number of amides is 1. The van der Waals surface area contributed by atoms with Crippen molar-refractivity contribution in [1.82, 2.24) is 14.9 Å². The Hall–Kier alpha value is -2.04. The third kappa shape index (κ3) is 3.97. The van der Waals surface area contributed by atoms with Gasteiger partial charge in [-0.25, -0.2) is 4.98 Å². The van der Waals surface area contributed by atoms with Gasteiger partial charge in [0.15, 0.2) is 0 Å². The average molecular weight is 376 g/mol. The van der Waals surface area contributed by atoms with Crippen LogP contribution in [0.25, 0.3) is 11.0 Å². The molecule has 3 aromatic rings. The number of carbonyl (C=O) groups excluding carboxylic acids is 1. The first kappa shape index (κ1) is 17.8. The first-order valence-corrected chi connectivity index (χ1v) is 8.87. The SMILES string of the molecule is CC(C)C(=O)NCc1nc2ccccc2n1Cc1ccc(Cl)c(Cl)c1. The summed E-state index contributed by atoms with van der Waals surface area (Å²) in [6, 6.07) is 13.5. The van der Waals surface area contributed by atoms with E-state index in [0.29, 0.717) is 23.1 Å². The third-order valence-corrected chi connectivity index (χ3v) is 4.74. The number of halogens is 2. The van der Waals surface area contributed by atoms with Gasteiger partial charge in [-0.3, -0.25) is 4.79 Å². The number of hydrogen-bond donors (Lipinski definition) is 1. The summed E-state index contributed by atoms with van der Waals surface area (Å²) in [5.74, 6) is 0.752. The fourth-order valence-corrected chi connectivity index (χ4v) is 2.95. The van der Waals surface area contributed by atoms with Gasteiger partial charge in [0.25, 0.3) is 0 Å². The van der Waals surface area contributed by atoms with Crippen LogP contribution < -0.4 is 5.32 Å². The van der Waals surface area contributed by atoms with Crippen LogP contribution in [0.1, 0.15) is 25.2 Å². The highest BCUT2D eigenvalue weighted by Gasteiger charge is 2.13. The van der Waals surface area contributed by atoms with Gasteiger partial charge in [0.2, 0.25) is 5.91 Å². The highest BCUT2D eigenvalue weighted by atomic mass is 35.5. The molecule has 0 bridgehead atoms. The molecule has 0 spiro atoms. The van der Waals surface area contributed by atoms with Crippen molar-refractivity contribution in [3.8, 4) is 0 Å². The van der Waals surface area contributed by atoms with E-state index < -0.39 is 0 Å². The van der Waals surface area contributed by atoms with Crippen molar-refractivity contribution in [2.45, 2.75) is 26.9 Å². The lowest BCUT2D eigenvalue weighted by molar-refractivity contribution is -0.124. The van der Waals surface area contributed by atoms with E-state index >= 15 is 0 Å². The quantitative estimate of drug-likeness (QED) is 0.704. The van der Waals surface area contributed by atoms with Gasteiger partial charge in [-0.05, 0) is 29.8 Å². The molecule has 0 unspecified atom stereocenters. The molecule has 1 N–H and O–H groups in total. The topological polar surface area (TPSA) is 46.9 Å². The van der Waals surface area contributed by atoms with Crippen molar-refractivity contribution in [1.29, 1.82) is 0 Å². The van der Waals surface area contributed by atoms with Crippen LogP contribution in [0, 0.1) is 5.92 Å². The summed E-state index contributed by atoms with van der Waals surface area (Å²) in [6.07, 6.45) is 0. The van der Waals surface area contributed by atoms with Crippen LogP contribution in [0.2, 0.25) is 10.0 Å². The minimum absolute atomic E-state index is 0.00754. The van der Waals surface area contributed by atoms with Gasteiger partial charge in [-0.2, -0.15) is 0 Å². The Balaban J connectivity index is 1.95. The summed E-state index contributed by atoms with van der Waals surface area (Å²) < 4.78 is 2.09. The van der Waals surface area contributed by atoms with E-state index in [1.54, 1.807) is 6.07 Å². The van der Waals surface area contributed by atoms with Crippen molar-refractivity contribution < 1.29 is 4.79 Å². The van der Waals surface area contributed by atoms with Gasteiger partial charge in [0.05, 0.1) is 27.6 Å². The molecule has 2 aromatic carbocycles. The number of benzene rings is 2. The molecule has 3 rings (SSSR count). The standard InChI is InChI=1S/C19H19Cl2N3O/c1-12(2)19(25)22-10-18-23-16-5-3-4-6-17(16)24(18)11-13-7-8-14(20)15(21)9-13/h3-9,12H,10-11H2,1-2H3,(H,22,25). The molecule has 0 saturated heterocycles. The monoisotopic (exact) mass is 375 g/mol. The van der Waals surface area contributed by atoms with E-state index in [9.17, 15) is 4.79 Å². The maximum absolute atomic E-state index is 11.9. The van der Waals surface area contributed by atoms with Gasteiger partial charge >= 0.3 is 0 Å². The maximum Gasteiger partial charge on any atom is 0.222 e. The zero-order valence-corrected chi connectivity index (χ0v) is 15.6. The lowest BCUT2D eigenvalue weighted by Crippen LogP contribution is -2.28. The molecule has 1 aromatic heterocycles. The number of hydrogen-bond acceptors (Lipinski definition) is 2. The van der Waals surface area contributed by atoms with Gasteiger partial charge in [-0.1, -0.05) is 55.2 Å². The minimum atomic E-state index is -0.0621. The predicted octanol–water partition coefficient (Wildman–Crippen LogP) is 4.66. The molecule has 1 heterocycles. The second-order valence-electron chi connectivity index (χ2n) is 6.22. The Kier molecular flexibility index (Phi) is 5.30. The van der Waals surface area contributed by atoms with Gasteiger partial charge in [0.1, 0.15) is 5.82 Å². The molecule has 0 aliphatic heterocycles. The molecule has 0 aliphatic carbocycles. The molecule has 0 saturated carbocycles. The maximum atomic E-state index is 11.9. The first-order chi connectivity index (χ1) is 12.0. The van der Waals surface area contributed by atoms with Crippen LogP contribution in [0.3, 0.4) is 0 Å². The predicted molar refractivity (Wildman–Crippen MR) is 102 cm³/mol. The molecular weight excluding hydrogens is 357 g/mol. The molecule has 1 amide bonds. The molecule has 0 atom stereocenters. The smallest absolute Gasteiger partial charge is 0.222 e. The van der Waals surface area contributed by atoms with Crippen molar-refractivity contribution >= 4 is 40.1 Å². The van der Waals surface area contributed by atoms with Crippen LogP contribution in [0.4, 0.5) is 0 Å². The van der Waals surface area contributed by atoms with Crippen LogP contribution >= 0.6 is 23.2 Å². The summed E-state index contributed by atoms with van der Waals surface area (Å²) in [5.41, 5.74) is 2.94. The summed E-state index contributed by atoms with van der Waals surface area (Å²) in [7, 11) is 0. The van der Waals surface area contributed by atoms with Crippen molar-refractivity contribution in [2.75, 3.05) is 0 Å². The molecular formula is C19H19Cl2N3O. The fourth-order valence-electron chi connectivity index (χ4n) is 2.63. The highest BCUT2D eigenvalue weighted by molar-refractivity contribution is 6.42. The second kappa shape index (κ2) is 7.46. The number of nitrogens with one attached hydrogen (secondary N) is 1. The minimum Gasteiger partial charge on any atom is -0.349 e. The summed E-state index contributed by atoms with van der Waals surface area (Å²) in [5, 5.41) is 4.00. The molecule has 25 heavy (non-hydrogen) atoms. The molecule has 130 valence electrons. The number of rotatable bonds is 5. The third-order valence-electron chi connectivity index (χ3n) is 4.00. The number of para-hydroxylation sites is 2. The Labute approximate surface area is 156 Å². The second-order valence-corrected chi connectivity index (χ2v) is 7.04. The molecule has 0 radical (unpaired) electrons. The largest absolute Gasteiger partial charge is 0.349 e. The summed E-state index contributed by atoms with van der Waals surface area (Å²) >= 11 is 12.1. The molecule has 6 heteroatoms. The lowest BCUT2D eigenvalue weighted by atomic mass is 10.2. The normalized spacial score (nSPS) is 11.2. The van der Waals surface area contributed by atoms with E-state index in [4.69, 9.17) is 23.2 Å². The number of imidazole rings is 1. The van der Waals surface area contributed by atoms with Crippen LogP contribution in [0.15, 0.2) is 42.5 Å². The molecule has 0 aliphatic rings. The average Bonchev–Trinajstić information content (AvgIpc) is 2.93. The fraction of sp³-hybridized carbons (Fsp3) is 0.263. The van der Waals surface area contributed by atoms with E-state index in [2.05, 4.69) is 14.9 Å². The zero-order valence-electron chi connectivity index (χ0n) is 14.1. The highest BCUT2D eigenvalue weighted by Crippen LogP contribution is 2.24. The summed E-state index contributed by atoms with van der Waals surface area (Å²) in [6.45, 7) is 4.72. The molecule has 0 fully saturated rings. The Morgan fingerprint density at radius 2 is 1.92 bits per heavy atom. The number of carbonyl (C=O) groups is 1. The van der Waals surface area contributed by atoms with Gasteiger partial charge in [-0.15, -0.1) is 0 Å². The van der Waals surface area contributed by atoms with Crippen LogP contribution in [0.5, 0.6) is 0 Å². The van der Waals surface area contributed by atoms with Crippen LogP contribution in [-0.2, 0) is 17.9 Å². The van der Waals surface area contributed by atoms with E-state index in [1.807, 2.05) is 50.2 Å². The number of fused-ring (bicyclic) bond motifs is 1. The van der Waals surface area contributed by atoms with Gasteiger partial charge < -0.3 is 9.88 Å². The number of nitrogens with zero attached hydrogens (tertiary/aromatic N) is 2. The van der Waals surface area contributed by atoms with Crippen molar-refractivity contribution in [2.24, 2.45) is 5.92 Å². The van der Waals surface area contributed by atoms with E-state index in [1.165, 1.54) is 0 Å². The van der Waals surface area contributed by atoms with Crippen molar-refractivity contribution in [3.05, 3.63) is 63.9 Å². The molecule has 4 nitrogen and oxygen atoms in total. The Morgan fingerprint density at radius 1 is 1.16 bits per heavy atom.